The molecule has 1 aromatic heterocycles. The highest BCUT2D eigenvalue weighted by atomic mass is 35.5. The lowest BCUT2D eigenvalue weighted by molar-refractivity contribution is -0.385. The monoisotopic (exact) mass is 400 g/mol. The zero-order valence-electron chi connectivity index (χ0n) is 14.3. The Morgan fingerprint density at radius 2 is 2.12 bits per heavy atom. The predicted molar refractivity (Wildman–Crippen MR) is 101 cm³/mol. The summed E-state index contributed by atoms with van der Waals surface area (Å²) in [7, 11) is 1.42. The number of nitro groups is 1. The van der Waals surface area contributed by atoms with Crippen LogP contribution >= 0.6 is 24.2 Å². The molecule has 0 unspecified atom stereocenters. The Balaban J connectivity index is 0.00000243. The van der Waals surface area contributed by atoms with E-state index >= 15 is 0 Å². The number of nitrogens with two attached hydrogens (primary N) is 1. The Labute approximate surface area is 161 Å². The molecule has 0 spiro atoms. The minimum Gasteiger partial charge on any atom is -0.490 e. The summed E-state index contributed by atoms with van der Waals surface area (Å²) in [4.78, 5) is 15.0. The molecule has 1 aromatic carbocycles. The number of hydrogen-bond acceptors (Lipinski definition) is 8. The Kier molecular flexibility index (Phi) is 6.85. The molecule has 8 nitrogen and oxygen atoms in total. The quantitative estimate of drug-likeness (QED) is 0.553. The molecule has 1 aliphatic rings. The zero-order chi connectivity index (χ0) is 17.9. The maximum absolute atomic E-state index is 11.1. The topological polar surface area (TPSA) is 117 Å². The van der Waals surface area contributed by atoms with Crippen molar-refractivity contribution in [3.05, 3.63) is 45.6 Å². The van der Waals surface area contributed by atoms with Gasteiger partial charge in [-0.05, 0) is 24.5 Å². The SMILES string of the molecule is COc1ccc(CSCc2nc(C3(N)CCCC3)no2)cc1[N+](=O)[O-].Cl. The normalized spacial score (nSPS) is 15.5. The number of aromatic nitrogens is 2. The van der Waals surface area contributed by atoms with Crippen LogP contribution in [-0.4, -0.2) is 22.2 Å². The fourth-order valence-corrected chi connectivity index (χ4v) is 3.78. The number of ether oxygens (including phenoxy) is 1. The summed E-state index contributed by atoms with van der Waals surface area (Å²) in [5.41, 5.74) is 6.66. The van der Waals surface area contributed by atoms with Gasteiger partial charge in [-0.1, -0.05) is 24.1 Å². The van der Waals surface area contributed by atoms with Crippen LogP contribution in [0.3, 0.4) is 0 Å². The molecule has 10 heteroatoms. The Hall–Kier alpha value is -1.84. The minimum atomic E-state index is -0.455. The molecular weight excluding hydrogens is 380 g/mol. The van der Waals surface area contributed by atoms with Crippen molar-refractivity contribution in [3.8, 4) is 5.75 Å². The number of rotatable bonds is 7. The van der Waals surface area contributed by atoms with E-state index in [1.165, 1.54) is 13.2 Å². The van der Waals surface area contributed by atoms with Gasteiger partial charge in [0, 0.05) is 11.8 Å². The van der Waals surface area contributed by atoms with Crippen LogP contribution in [0.4, 0.5) is 5.69 Å². The van der Waals surface area contributed by atoms with E-state index in [0.717, 1.165) is 31.2 Å². The van der Waals surface area contributed by atoms with E-state index in [0.29, 0.717) is 23.2 Å². The van der Waals surface area contributed by atoms with Gasteiger partial charge < -0.3 is 15.0 Å². The highest BCUT2D eigenvalue weighted by molar-refractivity contribution is 7.97. The van der Waals surface area contributed by atoms with E-state index in [-0.39, 0.29) is 23.8 Å². The lowest BCUT2D eigenvalue weighted by Gasteiger charge is -2.17. The summed E-state index contributed by atoms with van der Waals surface area (Å²) < 4.78 is 10.3. The van der Waals surface area contributed by atoms with Gasteiger partial charge in [0.2, 0.25) is 5.89 Å². The molecule has 1 heterocycles. The molecule has 0 amide bonds. The van der Waals surface area contributed by atoms with Gasteiger partial charge in [0.25, 0.3) is 0 Å². The second-order valence-corrected chi connectivity index (χ2v) is 7.12. The van der Waals surface area contributed by atoms with Crippen molar-refractivity contribution in [2.75, 3.05) is 7.11 Å². The molecule has 0 bridgehead atoms. The van der Waals surface area contributed by atoms with Crippen LogP contribution < -0.4 is 10.5 Å². The zero-order valence-corrected chi connectivity index (χ0v) is 16.0. The third kappa shape index (κ3) is 4.46. The number of nitro benzene ring substituents is 1. The number of halogens is 1. The van der Waals surface area contributed by atoms with E-state index in [1.54, 1.807) is 17.8 Å². The first-order chi connectivity index (χ1) is 12.0. The lowest BCUT2D eigenvalue weighted by atomic mass is 9.99. The maximum Gasteiger partial charge on any atom is 0.311 e. The van der Waals surface area contributed by atoms with Crippen molar-refractivity contribution >= 4 is 29.9 Å². The van der Waals surface area contributed by atoms with Gasteiger partial charge in [-0.2, -0.15) is 4.98 Å². The van der Waals surface area contributed by atoms with Gasteiger partial charge in [0.05, 0.1) is 23.3 Å². The van der Waals surface area contributed by atoms with E-state index in [4.69, 9.17) is 15.0 Å². The summed E-state index contributed by atoms with van der Waals surface area (Å²) in [6.45, 7) is 0. The first-order valence-corrected chi connectivity index (χ1v) is 9.18. The van der Waals surface area contributed by atoms with E-state index < -0.39 is 10.5 Å². The summed E-state index contributed by atoms with van der Waals surface area (Å²) in [6.07, 6.45) is 3.94. The summed E-state index contributed by atoms with van der Waals surface area (Å²) in [5, 5.41) is 15.1. The molecule has 3 rings (SSSR count). The molecule has 2 aromatic rings. The molecule has 2 N–H and O–H groups in total. The van der Waals surface area contributed by atoms with Crippen LogP contribution in [0.2, 0.25) is 0 Å². The van der Waals surface area contributed by atoms with Crippen LogP contribution in [0.15, 0.2) is 22.7 Å². The van der Waals surface area contributed by atoms with Gasteiger partial charge in [0.1, 0.15) is 0 Å². The van der Waals surface area contributed by atoms with Gasteiger partial charge in [-0.15, -0.1) is 24.2 Å². The van der Waals surface area contributed by atoms with Crippen molar-refractivity contribution in [2.24, 2.45) is 5.73 Å². The van der Waals surface area contributed by atoms with E-state index in [2.05, 4.69) is 10.1 Å². The number of hydrogen-bond donors (Lipinski definition) is 1. The first-order valence-electron chi connectivity index (χ1n) is 8.03. The van der Waals surface area contributed by atoms with Crippen LogP contribution in [0.25, 0.3) is 0 Å². The van der Waals surface area contributed by atoms with Gasteiger partial charge >= 0.3 is 5.69 Å². The number of nitrogens with zero attached hydrogens (tertiary/aromatic N) is 3. The molecular formula is C16H21ClN4O4S. The van der Waals surface area contributed by atoms with Crippen molar-refractivity contribution in [2.45, 2.75) is 42.7 Å². The van der Waals surface area contributed by atoms with Crippen molar-refractivity contribution < 1.29 is 14.2 Å². The highest BCUT2D eigenvalue weighted by Gasteiger charge is 2.35. The van der Waals surface area contributed by atoms with Gasteiger partial charge in [-0.25, -0.2) is 0 Å². The van der Waals surface area contributed by atoms with Crippen LogP contribution in [0.5, 0.6) is 5.75 Å². The predicted octanol–water partition coefficient (Wildman–Crippen LogP) is 3.57. The molecule has 1 fully saturated rings. The fourth-order valence-electron chi connectivity index (χ4n) is 2.97. The average molecular weight is 401 g/mol. The summed E-state index contributed by atoms with van der Waals surface area (Å²) in [6, 6.07) is 4.95. The van der Waals surface area contributed by atoms with Gasteiger partial charge in [0.15, 0.2) is 11.6 Å². The number of methoxy groups -OCH3 is 1. The smallest absolute Gasteiger partial charge is 0.311 e. The molecule has 142 valence electrons. The first kappa shape index (κ1) is 20.5. The number of thioether (sulfide) groups is 1. The van der Waals surface area contributed by atoms with Crippen molar-refractivity contribution in [1.29, 1.82) is 0 Å². The van der Waals surface area contributed by atoms with E-state index in [1.807, 2.05) is 6.07 Å². The van der Waals surface area contributed by atoms with Crippen molar-refractivity contribution in [3.63, 3.8) is 0 Å². The highest BCUT2D eigenvalue weighted by Crippen LogP contribution is 2.35. The summed E-state index contributed by atoms with van der Waals surface area (Å²) in [5.74, 6) is 2.49. The molecule has 1 saturated carbocycles. The molecule has 0 aliphatic heterocycles. The molecule has 26 heavy (non-hydrogen) atoms. The number of benzene rings is 1. The van der Waals surface area contributed by atoms with Crippen LogP contribution in [0.1, 0.15) is 43.0 Å². The Morgan fingerprint density at radius 1 is 1.38 bits per heavy atom. The maximum atomic E-state index is 11.1. The van der Waals surface area contributed by atoms with Crippen LogP contribution in [0, 0.1) is 10.1 Å². The lowest BCUT2D eigenvalue weighted by Crippen LogP contribution is -2.34. The molecule has 0 saturated heterocycles. The standard InChI is InChI=1S/C16H20N4O4S.ClH/c1-23-13-5-4-11(8-12(13)20(21)22)9-25-10-14-18-15(19-24-14)16(17)6-2-3-7-16;/h4-5,8H,2-3,6-7,9-10,17H2,1H3;1H. The second kappa shape index (κ2) is 8.70. The van der Waals surface area contributed by atoms with Crippen molar-refractivity contribution in [1.82, 2.24) is 10.1 Å². The van der Waals surface area contributed by atoms with Gasteiger partial charge in [-0.3, -0.25) is 10.1 Å². The molecule has 1 aliphatic carbocycles. The second-order valence-electron chi connectivity index (χ2n) is 6.13. The fraction of sp³-hybridized carbons (Fsp3) is 0.500. The van der Waals surface area contributed by atoms with E-state index in [9.17, 15) is 10.1 Å². The largest absolute Gasteiger partial charge is 0.490 e. The molecule has 0 radical (unpaired) electrons. The third-order valence-electron chi connectivity index (χ3n) is 4.34. The van der Waals surface area contributed by atoms with Crippen LogP contribution in [-0.2, 0) is 17.0 Å². The Morgan fingerprint density at radius 3 is 2.77 bits per heavy atom. The minimum absolute atomic E-state index is 0. The molecule has 0 atom stereocenters. The summed E-state index contributed by atoms with van der Waals surface area (Å²) >= 11 is 1.55. The Bertz CT molecular complexity index is 764. The average Bonchev–Trinajstić information content (AvgIpc) is 3.25. The third-order valence-corrected chi connectivity index (χ3v) is 5.33.